The van der Waals surface area contributed by atoms with Crippen molar-refractivity contribution in [2.24, 2.45) is 5.41 Å². The van der Waals surface area contributed by atoms with Gasteiger partial charge in [-0.2, -0.15) is 5.26 Å². The van der Waals surface area contributed by atoms with E-state index in [1.165, 1.54) is 13.0 Å². The molecule has 1 heterocycles. The molecule has 1 aliphatic heterocycles. The van der Waals surface area contributed by atoms with Crippen LogP contribution in [-0.4, -0.2) is 24.0 Å². The number of likely N-dealkylation sites (tertiary alicyclic amines) is 1. The van der Waals surface area contributed by atoms with Crippen LogP contribution in [0.4, 0.5) is 0 Å². The first-order chi connectivity index (χ1) is 5.05. The second-order valence-corrected chi connectivity index (χ2v) is 4.10. The maximum Gasteiger partial charge on any atom is 0.0697 e. The maximum absolute atomic E-state index is 8.77. The summed E-state index contributed by atoms with van der Waals surface area (Å²) in [4.78, 5) is 2.36. The summed E-state index contributed by atoms with van der Waals surface area (Å²) >= 11 is 0. The molecule has 1 rings (SSSR count). The molecule has 0 N–H and O–H groups in total. The molecule has 0 radical (unpaired) electrons. The van der Waals surface area contributed by atoms with Crippen molar-refractivity contribution in [2.75, 3.05) is 13.1 Å². The zero-order valence-electron chi connectivity index (χ0n) is 7.59. The van der Waals surface area contributed by atoms with Gasteiger partial charge in [0.25, 0.3) is 0 Å². The molecule has 2 heteroatoms. The fourth-order valence-electron chi connectivity index (χ4n) is 1.35. The lowest BCUT2D eigenvalue weighted by molar-refractivity contribution is 0.0751. The van der Waals surface area contributed by atoms with E-state index in [4.69, 9.17) is 5.26 Å². The smallest absolute Gasteiger partial charge is 0.0697 e. The third kappa shape index (κ3) is 1.94. The summed E-state index contributed by atoms with van der Waals surface area (Å²) in [5.41, 5.74) is -0.172. The van der Waals surface area contributed by atoms with Gasteiger partial charge in [-0.05, 0) is 33.7 Å². The molecule has 0 saturated carbocycles. The van der Waals surface area contributed by atoms with Gasteiger partial charge >= 0.3 is 0 Å². The van der Waals surface area contributed by atoms with Crippen molar-refractivity contribution >= 4 is 0 Å². The predicted molar refractivity (Wildman–Crippen MR) is 45.0 cm³/mol. The van der Waals surface area contributed by atoms with Gasteiger partial charge in [0, 0.05) is 12.6 Å². The highest BCUT2D eigenvalue weighted by atomic mass is 15.2. The standard InChI is InChI=1S/C9H16N2/c1-8-4-5-11(8)7-9(2,3)6-10/h8H,4-5,7H2,1-3H3. The van der Waals surface area contributed by atoms with Crippen molar-refractivity contribution in [3.63, 3.8) is 0 Å². The third-order valence-corrected chi connectivity index (χ3v) is 2.36. The van der Waals surface area contributed by atoms with Gasteiger partial charge in [0.15, 0.2) is 0 Å². The number of nitriles is 1. The maximum atomic E-state index is 8.77. The first-order valence-corrected chi connectivity index (χ1v) is 4.20. The fourth-order valence-corrected chi connectivity index (χ4v) is 1.35. The van der Waals surface area contributed by atoms with Crippen LogP contribution < -0.4 is 0 Å². The van der Waals surface area contributed by atoms with Crippen molar-refractivity contribution in [2.45, 2.75) is 33.2 Å². The molecule has 1 aliphatic rings. The topological polar surface area (TPSA) is 27.0 Å². The Bertz CT molecular complexity index is 178. The van der Waals surface area contributed by atoms with Crippen LogP contribution in [0.1, 0.15) is 27.2 Å². The summed E-state index contributed by atoms with van der Waals surface area (Å²) in [6.07, 6.45) is 1.29. The summed E-state index contributed by atoms with van der Waals surface area (Å²) in [5.74, 6) is 0. The fraction of sp³-hybridized carbons (Fsp3) is 0.889. The van der Waals surface area contributed by atoms with E-state index in [1.54, 1.807) is 0 Å². The van der Waals surface area contributed by atoms with E-state index in [0.717, 1.165) is 6.54 Å². The average Bonchev–Trinajstić information content (AvgIpc) is 1.98. The molecule has 0 spiro atoms. The van der Waals surface area contributed by atoms with Crippen molar-refractivity contribution in [1.82, 2.24) is 4.90 Å². The first-order valence-electron chi connectivity index (χ1n) is 4.20. The Hall–Kier alpha value is -0.550. The van der Waals surface area contributed by atoms with Crippen LogP contribution in [0.15, 0.2) is 0 Å². The molecule has 0 aromatic heterocycles. The lowest BCUT2D eigenvalue weighted by Crippen LogP contribution is -2.49. The lowest BCUT2D eigenvalue weighted by atomic mass is 9.92. The quantitative estimate of drug-likeness (QED) is 0.601. The predicted octanol–water partition coefficient (Wildman–Crippen LogP) is 1.63. The second-order valence-electron chi connectivity index (χ2n) is 4.10. The molecule has 0 aromatic rings. The molecule has 2 nitrogen and oxygen atoms in total. The van der Waals surface area contributed by atoms with Gasteiger partial charge in [-0.25, -0.2) is 0 Å². The van der Waals surface area contributed by atoms with Gasteiger partial charge in [0.05, 0.1) is 11.5 Å². The molecule has 1 unspecified atom stereocenters. The van der Waals surface area contributed by atoms with Crippen LogP contribution in [0.25, 0.3) is 0 Å². The molecule has 0 bridgehead atoms. The number of hydrogen-bond donors (Lipinski definition) is 0. The molecular weight excluding hydrogens is 136 g/mol. The molecule has 1 atom stereocenters. The van der Waals surface area contributed by atoms with E-state index in [1.807, 2.05) is 13.8 Å². The van der Waals surface area contributed by atoms with E-state index in [0.29, 0.717) is 6.04 Å². The molecule has 0 aromatic carbocycles. The van der Waals surface area contributed by atoms with Gasteiger partial charge in [-0.15, -0.1) is 0 Å². The summed E-state index contributed by atoms with van der Waals surface area (Å²) in [6, 6.07) is 3.02. The Kier molecular flexibility index (Phi) is 2.20. The molecule has 62 valence electrons. The zero-order valence-corrected chi connectivity index (χ0v) is 7.59. The van der Waals surface area contributed by atoms with E-state index in [9.17, 15) is 0 Å². The molecule has 0 amide bonds. The van der Waals surface area contributed by atoms with Crippen LogP contribution in [-0.2, 0) is 0 Å². The minimum Gasteiger partial charge on any atom is -0.299 e. The summed E-state index contributed by atoms with van der Waals surface area (Å²) in [6.45, 7) is 8.31. The number of nitrogens with zero attached hydrogens (tertiary/aromatic N) is 2. The highest BCUT2D eigenvalue weighted by Gasteiger charge is 2.29. The molecule has 0 aliphatic carbocycles. The van der Waals surface area contributed by atoms with E-state index in [2.05, 4.69) is 17.9 Å². The van der Waals surface area contributed by atoms with Crippen LogP contribution >= 0.6 is 0 Å². The lowest BCUT2D eigenvalue weighted by Gasteiger charge is -2.41. The largest absolute Gasteiger partial charge is 0.299 e. The molecular formula is C9H16N2. The Balaban J connectivity index is 2.37. The molecule has 1 saturated heterocycles. The van der Waals surface area contributed by atoms with Gasteiger partial charge in [-0.3, -0.25) is 4.90 Å². The third-order valence-electron chi connectivity index (χ3n) is 2.36. The monoisotopic (exact) mass is 152 g/mol. The molecule has 1 fully saturated rings. The Labute approximate surface area is 68.8 Å². The van der Waals surface area contributed by atoms with Crippen LogP contribution in [0.2, 0.25) is 0 Å². The van der Waals surface area contributed by atoms with Crippen molar-refractivity contribution in [3.05, 3.63) is 0 Å². The minimum absolute atomic E-state index is 0.172. The average molecular weight is 152 g/mol. The van der Waals surface area contributed by atoms with Crippen LogP contribution in [0.3, 0.4) is 0 Å². The van der Waals surface area contributed by atoms with Gasteiger partial charge in [0.2, 0.25) is 0 Å². The summed E-state index contributed by atoms with van der Waals surface area (Å²) in [7, 11) is 0. The Morgan fingerprint density at radius 3 is 2.55 bits per heavy atom. The Morgan fingerprint density at radius 2 is 2.27 bits per heavy atom. The number of hydrogen-bond acceptors (Lipinski definition) is 2. The number of rotatable bonds is 2. The van der Waals surface area contributed by atoms with Gasteiger partial charge < -0.3 is 0 Å². The SMILES string of the molecule is CC1CCN1CC(C)(C)C#N. The normalized spacial score (nSPS) is 25.8. The van der Waals surface area contributed by atoms with Gasteiger partial charge in [-0.1, -0.05) is 0 Å². The zero-order chi connectivity index (χ0) is 8.48. The van der Waals surface area contributed by atoms with E-state index in [-0.39, 0.29) is 5.41 Å². The van der Waals surface area contributed by atoms with Crippen molar-refractivity contribution < 1.29 is 0 Å². The van der Waals surface area contributed by atoms with Gasteiger partial charge in [0.1, 0.15) is 0 Å². The van der Waals surface area contributed by atoms with Crippen LogP contribution in [0.5, 0.6) is 0 Å². The van der Waals surface area contributed by atoms with E-state index < -0.39 is 0 Å². The van der Waals surface area contributed by atoms with Crippen molar-refractivity contribution in [1.29, 1.82) is 5.26 Å². The highest BCUT2D eigenvalue weighted by Crippen LogP contribution is 2.23. The minimum atomic E-state index is -0.172. The summed E-state index contributed by atoms with van der Waals surface area (Å²) in [5, 5.41) is 8.77. The second kappa shape index (κ2) is 2.83. The highest BCUT2D eigenvalue weighted by molar-refractivity contribution is 4.96. The van der Waals surface area contributed by atoms with E-state index >= 15 is 0 Å². The molecule has 11 heavy (non-hydrogen) atoms. The Morgan fingerprint density at radius 1 is 1.64 bits per heavy atom. The van der Waals surface area contributed by atoms with Crippen molar-refractivity contribution in [3.8, 4) is 6.07 Å². The van der Waals surface area contributed by atoms with Crippen LogP contribution in [0, 0.1) is 16.7 Å². The first kappa shape index (κ1) is 8.55. The summed E-state index contributed by atoms with van der Waals surface area (Å²) < 4.78 is 0.